The van der Waals surface area contributed by atoms with Gasteiger partial charge in [0.1, 0.15) is 17.6 Å². The molecule has 2 N–H and O–H groups in total. The van der Waals surface area contributed by atoms with Crippen molar-refractivity contribution < 1.29 is 23.5 Å². The molecule has 2 amide bonds. The van der Waals surface area contributed by atoms with E-state index < -0.39 is 6.04 Å². The maximum absolute atomic E-state index is 13.5. The van der Waals surface area contributed by atoms with Crippen LogP contribution < -0.4 is 15.4 Å². The third-order valence-electron chi connectivity index (χ3n) is 5.87. The molecule has 1 fully saturated rings. The quantitative estimate of drug-likeness (QED) is 0.557. The van der Waals surface area contributed by atoms with Crippen LogP contribution in [0, 0.1) is 11.7 Å². The molecule has 1 aliphatic rings. The number of hydrogen-bond donors (Lipinski definition) is 2. The number of halogens is 1. The molecule has 8 heteroatoms. The van der Waals surface area contributed by atoms with E-state index in [1.165, 1.54) is 12.1 Å². The van der Waals surface area contributed by atoms with Gasteiger partial charge in [0.05, 0.1) is 25.9 Å². The summed E-state index contributed by atoms with van der Waals surface area (Å²) in [5, 5.41) is 5.87. The lowest BCUT2D eigenvalue weighted by Gasteiger charge is -2.35. The van der Waals surface area contributed by atoms with Gasteiger partial charge in [0.25, 0.3) is 5.91 Å². The maximum Gasteiger partial charge on any atom is 0.251 e. The molecule has 0 bridgehead atoms. The Morgan fingerprint density at radius 2 is 1.71 bits per heavy atom. The molecule has 2 aromatic carbocycles. The third-order valence-corrected chi connectivity index (χ3v) is 5.87. The summed E-state index contributed by atoms with van der Waals surface area (Å²) in [6.45, 7) is 9.23. The first kappa shape index (κ1) is 25.6. The molecule has 2 unspecified atom stereocenters. The van der Waals surface area contributed by atoms with Gasteiger partial charge < -0.3 is 20.1 Å². The van der Waals surface area contributed by atoms with Gasteiger partial charge in [-0.2, -0.15) is 0 Å². The van der Waals surface area contributed by atoms with Crippen LogP contribution in [0.1, 0.15) is 42.7 Å². The first-order valence-electron chi connectivity index (χ1n) is 11.8. The van der Waals surface area contributed by atoms with Crippen molar-refractivity contribution in [2.75, 3.05) is 39.5 Å². The minimum Gasteiger partial charge on any atom is -0.494 e. The second-order valence-electron chi connectivity index (χ2n) is 8.61. The normalized spacial score (nSPS) is 16.0. The lowest BCUT2D eigenvalue weighted by Crippen LogP contribution is -2.52. The second-order valence-corrected chi connectivity index (χ2v) is 8.61. The van der Waals surface area contributed by atoms with Crippen molar-refractivity contribution in [3.63, 3.8) is 0 Å². The van der Waals surface area contributed by atoms with Gasteiger partial charge in [-0.05, 0) is 54.8 Å². The smallest absolute Gasteiger partial charge is 0.251 e. The van der Waals surface area contributed by atoms with Crippen LogP contribution in [-0.4, -0.2) is 62.2 Å². The molecule has 2 aromatic rings. The molecule has 0 spiro atoms. The van der Waals surface area contributed by atoms with Crippen LogP contribution in [0.4, 0.5) is 4.39 Å². The van der Waals surface area contributed by atoms with Crippen LogP contribution in [0.3, 0.4) is 0 Å². The van der Waals surface area contributed by atoms with E-state index in [0.29, 0.717) is 37.7 Å². The molecular weight excluding hydrogens is 437 g/mol. The van der Waals surface area contributed by atoms with E-state index in [0.717, 1.165) is 18.7 Å². The van der Waals surface area contributed by atoms with Crippen LogP contribution in [0.5, 0.6) is 5.75 Å². The lowest BCUT2D eigenvalue weighted by atomic mass is 10.0. The number of carbonyl (C=O) groups excluding carboxylic acids is 2. The van der Waals surface area contributed by atoms with Gasteiger partial charge in [-0.3, -0.25) is 14.5 Å². The first-order valence-corrected chi connectivity index (χ1v) is 11.8. The Kier molecular flexibility index (Phi) is 9.42. The number of morpholine rings is 1. The van der Waals surface area contributed by atoms with Gasteiger partial charge in [0.15, 0.2) is 0 Å². The van der Waals surface area contributed by atoms with Crippen molar-refractivity contribution in [1.29, 1.82) is 0 Å². The van der Waals surface area contributed by atoms with E-state index in [1.807, 2.05) is 20.8 Å². The summed E-state index contributed by atoms with van der Waals surface area (Å²) in [7, 11) is 0. The summed E-state index contributed by atoms with van der Waals surface area (Å²) >= 11 is 0. The molecule has 0 aromatic heterocycles. The topological polar surface area (TPSA) is 79.9 Å². The molecule has 0 aliphatic carbocycles. The van der Waals surface area contributed by atoms with E-state index in [-0.39, 0.29) is 29.6 Å². The number of nitrogens with zero attached hydrogens (tertiary/aromatic N) is 1. The third kappa shape index (κ3) is 7.01. The minimum atomic E-state index is -0.697. The number of carbonyl (C=O) groups is 2. The van der Waals surface area contributed by atoms with Crippen LogP contribution in [0.25, 0.3) is 0 Å². The summed E-state index contributed by atoms with van der Waals surface area (Å²) in [4.78, 5) is 28.1. The number of nitrogens with one attached hydrogen (secondary N) is 2. The summed E-state index contributed by atoms with van der Waals surface area (Å²) in [6.07, 6.45) is 0. The molecule has 2 atom stereocenters. The molecule has 7 nitrogen and oxygen atoms in total. The minimum absolute atomic E-state index is 0.112. The zero-order chi connectivity index (χ0) is 24.5. The average Bonchev–Trinajstić information content (AvgIpc) is 2.84. The Bertz CT molecular complexity index is 928. The molecule has 0 radical (unpaired) electrons. The fourth-order valence-electron chi connectivity index (χ4n) is 3.97. The predicted molar refractivity (Wildman–Crippen MR) is 128 cm³/mol. The lowest BCUT2D eigenvalue weighted by molar-refractivity contribution is -0.124. The molecule has 1 aliphatic heterocycles. The number of hydrogen-bond acceptors (Lipinski definition) is 5. The van der Waals surface area contributed by atoms with Gasteiger partial charge in [-0.1, -0.05) is 26.0 Å². The highest BCUT2D eigenvalue weighted by Gasteiger charge is 2.28. The Morgan fingerprint density at radius 3 is 2.29 bits per heavy atom. The highest BCUT2D eigenvalue weighted by molar-refractivity contribution is 5.97. The number of amides is 2. The van der Waals surface area contributed by atoms with Gasteiger partial charge in [0.2, 0.25) is 5.91 Å². The van der Waals surface area contributed by atoms with Crippen molar-refractivity contribution >= 4 is 11.8 Å². The van der Waals surface area contributed by atoms with E-state index in [1.54, 1.807) is 36.4 Å². The molecular formula is C26H34FN3O4. The summed E-state index contributed by atoms with van der Waals surface area (Å²) < 4.78 is 24.4. The first-order chi connectivity index (χ1) is 16.4. The number of ether oxygens (including phenoxy) is 2. The molecule has 1 saturated heterocycles. The second kappa shape index (κ2) is 12.5. The Hall–Kier alpha value is -2.97. The van der Waals surface area contributed by atoms with Crippen molar-refractivity contribution in [1.82, 2.24) is 15.5 Å². The average molecular weight is 472 g/mol. The Labute approximate surface area is 200 Å². The SMILES string of the molecule is CCOc1ccc(C(=O)NC(C(=O)NCC(c2ccc(F)cc2)N2CCOCC2)C(C)C)cc1. The maximum atomic E-state index is 13.5. The highest BCUT2D eigenvalue weighted by Crippen LogP contribution is 2.22. The van der Waals surface area contributed by atoms with Gasteiger partial charge >= 0.3 is 0 Å². The van der Waals surface area contributed by atoms with Crippen LogP contribution in [-0.2, 0) is 9.53 Å². The van der Waals surface area contributed by atoms with Crippen molar-refractivity contribution in [2.24, 2.45) is 5.92 Å². The predicted octanol–water partition coefficient (Wildman–Crippen LogP) is 3.17. The monoisotopic (exact) mass is 471 g/mol. The van der Waals surface area contributed by atoms with E-state index in [9.17, 15) is 14.0 Å². The summed E-state index contributed by atoms with van der Waals surface area (Å²) in [5.74, 6) is -0.299. The van der Waals surface area contributed by atoms with Gasteiger partial charge in [-0.15, -0.1) is 0 Å². The van der Waals surface area contributed by atoms with Crippen molar-refractivity contribution in [2.45, 2.75) is 32.9 Å². The van der Waals surface area contributed by atoms with Gasteiger partial charge in [0, 0.05) is 25.2 Å². The number of benzene rings is 2. The van der Waals surface area contributed by atoms with Crippen LogP contribution in [0.15, 0.2) is 48.5 Å². The molecule has 34 heavy (non-hydrogen) atoms. The van der Waals surface area contributed by atoms with Crippen LogP contribution in [0.2, 0.25) is 0 Å². The van der Waals surface area contributed by atoms with E-state index in [2.05, 4.69) is 15.5 Å². The summed E-state index contributed by atoms with van der Waals surface area (Å²) in [6, 6.07) is 12.4. The van der Waals surface area contributed by atoms with Crippen LogP contribution >= 0.6 is 0 Å². The zero-order valence-electron chi connectivity index (χ0n) is 20.1. The highest BCUT2D eigenvalue weighted by atomic mass is 19.1. The molecule has 0 saturated carbocycles. The standard InChI is InChI=1S/C26H34FN3O4/c1-4-34-22-11-7-20(8-12-22)25(31)29-24(18(2)3)26(32)28-17-23(30-13-15-33-16-14-30)19-5-9-21(27)10-6-19/h5-12,18,23-24H,4,13-17H2,1-3H3,(H,28,32)(H,29,31). The largest absolute Gasteiger partial charge is 0.494 e. The fraction of sp³-hybridized carbons (Fsp3) is 0.462. The Balaban J connectivity index is 1.66. The summed E-state index contributed by atoms with van der Waals surface area (Å²) in [5.41, 5.74) is 1.38. The zero-order valence-corrected chi connectivity index (χ0v) is 20.1. The molecule has 3 rings (SSSR count). The fourth-order valence-corrected chi connectivity index (χ4v) is 3.97. The Morgan fingerprint density at radius 1 is 1.06 bits per heavy atom. The van der Waals surface area contributed by atoms with E-state index >= 15 is 0 Å². The van der Waals surface area contributed by atoms with Gasteiger partial charge in [-0.25, -0.2) is 4.39 Å². The van der Waals surface area contributed by atoms with Crippen molar-refractivity contribution in [3.05, 3.63) is 65.5 Å². The number of rotatable bonds is 10. The van der Waals surface area contributed by atoms with Crippen molar-refractivity contribution in [3.8, 4) is 5.75 Å². The molecule has 184 valence electrons. The molecule has 1 heterocycles. The van der Waals surface area contributed by atoms with E-state index in [4.69, 9.17) is 9.47 Å².